The van der Waals surface area contributed by atoms with E-state index in [1.807, 2.05) is 40.9 Å². The third-order valence-corrected chi connectivity index (χ3v) is 4.76. The molecule has 2 heterocycles. The summed E-state index contributed by atoms with van der Waals surface area (Å²) in [5.41, 5.74) is 12.3. The molecule has 0 fully saturated rings. The van der Waals surface area contributed by atoms with Crippen molar-refractivity contribution in [3.05, 3.63) is 95.7 Å². The molecule has 0 radical (unpaired) electrons. The Morgan fingerprint density at radius 3 is 2.67 bits per heavy atom. The van der Waals surface area contributed by atoms with Crippen LogP contribution < -0.4 is 11.2 Å². The van der Waals surface area contributed by atoms with E-state index in [1.54, 1.807) is 25.3 Å². The zero-order chi connectivity index (χ0) is 21.1. The van der Waals surface area contributed by atoms with Gasteiger partial charge in [-0.15, -0.1) is 0 Å². The van der Waals surface area contributed by atoms with Gasteiger partial charge in [0.05, 0.1) is 12.3 Å². The Bertz CT molecular complexity index is 1220. The van der Waals surface area contributed by atoms with Crippen LogP contribution in [0, 0.1) is 11.6 Å². The van der Waals surface area contributed by atoms with Crippen molar-refractivity contribution in [3.8, 4) is 11.3 Å². The molecule has 4 aromatic rings. The van der Waals surface area contributed by atoms with Crippen molar-refractivity contribution >= 4 is 17.0 Å². The van der Waals surface area contributed by atoms with Gasteiger partial charge in [-0.2, -0.15) is 0 Å². The molecule has 2 aromatic carbocycles. The summed E-state index contributed by atoms with van der Waals surface area (Å²) < 4.78 is 30.4. The van der Waals surface area contributed by atoms with Crippen LogP contribution in [0.15, 0.2) is 72.9 Å². The van der Waals surface area contributed by atoms with Gasteiger partial charge < -0.3 is 5.73 Å². The Balaban J connectivity index is 1.90. The highest BCUT2D eigenvalue weighted by molar-refractivity contribution is 5.82. The zero-order valence-corrected chi connectivity index (χ0v) is 16.3. The highest BCUT2D eigenvalue weighted by Crippen LogP contribution is 2.31. The van der Waals surface area contributed by atoms with Gasteiger partial charge in [0, 0.05) is 24.4 Å². The maximum absolute atomic E-state index is 14.6. The molecule has 0 amide bonds. The summed E-state index contributed by atoms with van der Waals surface area (Å²) in [6.45, 7) is 0.164. The van der Waals surface area contributed by atoms with Crippen LogP contribution in [-0.4, -0.2) is 23.0 Å². The number of fused-ring (bicyclic) bond motifs is 1. The van der Waals surface area contributed by atoms with Gasteiger partial charge in [0.1, 0.15) is 5.65 Å². The molecule has 152 valence electrons. The number of rotatable bonds is 6. The Morgan fingerprint density at radius 1 is 1.10 bits per heavy atom. The molecule has 3 N–H and O–H groups in total. The number of hydrogen-bond acceptors (Lipinski definition) is 4. The summed E-state index contributed by atoms with van der Waals surface area (Å²) in [7, 11) is 1.63. The second-order valence-electron chi connectivity index (χ2n) is 6.59. The first-order chi connectivity index (χ1) is 14.6. The quantitative estimate of drug-likeness (QED) is 0.367. The summed E-state index contributed by atoms with van der Waals surface area (Å²) >= 11 is 0. The second kappa shape index (κ2) is 8.44. The molecule has 7 heteroatoms. The fourth-order valence-electron chi connectivity index (χ4n) is 3.41. The van der Waals surface area contributed by atoms with E-state index in [-0.39, 0.29) is 12.2 Å². The maximum atomic E-state index is 14.6. The number of hydroxylamine groups is 1. The normalized spacial score (nSPS) is 11.9. The number of pyridine rings is 1. The van der Waals surface area contributed by atoms with Crippen molar-refractivity contribution in [1.82, 2.24) is 14.9 Å². The monoisotopic (exact) mass is 406 g/mol. The third-order valence-electron chi connectivity index (χ3n) is 4.76. The molecule has 5 nitrogen and oxygen atoms in total. The van der Waals surface area contributed by atoms with Crippen molar-refractivity contribution in [2.45, 2.75) is 0 Å². The minimum atomic E-state index is -0.915. The van der Waals surface area contributed by atoms with Crippen LogP contribution >= 0.6 is 0 Å². The number of halogens is 2. The summed E-state index contributed by atoms with van der Waals surface area (Å²) in [5.74, 6) is -1.44. The van der Waals surface area contributed by atoms with Crippen LogP contribution in [0.2, 0.25) is 0 Å². The van der Waals surface area contributed by atoms with Crippen LogP contribution in [0.4, 0.5) is 14.6 Å². The van der Waals surface area contributed by atoms with E-state index >= 15 is 0 Å². The molecule has 0 aliphatic carbocycles. The van der Waals surface area contributed by atoms with Crippen molar-refractivity contribution in [1.29, 1.82) is 0 Å². The van der Waals surface area contributed by atoms with Crippen LogP contribution in [0.25, 0.3) is 22.5 Å². The van der Waals surface area contributed by atoms with Gasteiger partial charge >= 0.3 is 0 Å². The van der Waals surface area contributed by atoms with Crippen LogP contribution in [0.3, 0.4) is 0 Å². The van der Waals surface area contributed by atoms with Gasteiger partial charge in [-0.25, -0.2) is 19.2 Å². The molecule has 0 unspecified atom stereocenters. The second-order valence-corrected chi connectivity index (χ2v) is 6.59. The molecule has 0 atom stereocenters. The molecular formula is C23H20F2N4O. The first-order valence-corrected chi connectivity index (χ1v) is 9.36. The number of benzene rings is 2. The Labute approximate surface area is 172 Å². The first-order valence-electron chi connectivity index (χ1n) is 9.36. The molecule has 0 aliphatic rings. The number of hydrogen-bond donors (Lipinski definition) is 2. The minimum Gasteiger partial charge on any atom is -0.382 e. The molecule has 30 heavy (non-hydrogen) atoms. The highest BCUT2D eigenvalue weighted by atomic mass is 19.2. The van der Waals surface area contributed by atoms with E-state index in [0.717, 1.165) is 17.3 Å². The standard InChI is InChI=1S/C23H20F2N4O/c1-27-30-13-12-17(18-8-5-9-19(24)21(18)25)16-10-11-20-28-23(26)22(29(20)14-16)15-6-3-2-4-7-15/h2-12,14,27H,13,26H2,1H3/b17-12-. The predicted octanol–water partition coefficient (Wildman–Crippen LogP) is 4.44. The number of nitrogen functional groups attached to an aromatic ring is 1. The largest absolute Gasteiger partial charge is 0.382 e. The average molecular weight is 406 g/mol. The summed E-state index contributed by atoms with van der Waals surface area (Å²) in [5, 5.41) is 0. The van der Waals surface area contributed by atoms with E-state index in [2.05, 4.69) is 10.5 Å². The van der Waals surface area contributed by atoms with Crippen LogP contribution in [0.5, 0.6) is 0 Å². The van der Waals surface area contributed by atoms with Crippen LogP contribution in [-0.2, 0) is 4.84 Å². The fourth-order valence-corrected chi connectivity index (χ4v) is 3.41. The third kappa shape index (κ3) is 3.68. The molecule has 0 saturated heterocycles. The summed E-state index contributed by atoms with van der Waals surface area (Å²) in [4.78, 5) is 9.60. The predicted molar refractivity (Wildman–Crippen MR) is 113 cm³/mol. The van der Waals surface area contributed by atoms with Gasteiger partial charge in [0.2, 0.25) is 0 Å². The number of nitrogens with two attached hydrogens (primary N) is 1. The van der Waals surface area contributed by atoms with Gasteiger partial charge in [-0.1, -0.05) is 42.5 Å². The molecule has 2 aromatic heterocycles. The van der Waals surface area contributed by atoms with E-state index in [9.17, 15) is 8.78 Å². The molecule has 0 spiro atoms. The van der Waals surface area contributed by atoms with Crippen molar-refractivity contribution in [2.24, 2.45) is 0 Å². The molecular weight excluding hydrogens is 386 g/mol. The molecule has 4 rings (SSSR count). The van der Waals surface area contributed by atoms with E-state index < -0.39 is 11.6 Å². The number of anilines is 1. The number of nitrogens with zero attached hydrogens (tertiary/aromatic N) is 2. The number of aromatic nitrogens is 2. The average Bonchev–Trinajstić information content (AvgIpc) is 3.09. The minimum absolute atomic E-state index is 0.142. The van der Waals surface area contributed by atoms with Crippen molar-refractivity contribution < 1.29 is 13.6 Å². The summed E-state index contributed by atoms with van der Waals surface area (Å²) in [6.07, 6.45) is 3.51. The van der Waals surface area contributed by atoms with Gasteiger partial charge in [-0.05, 0) is 35.4 Å². The molecule has 0 bridgehead atoms. The van der Waals surface area contributed by atoms with Crippen molar-refractivity contribution in [3.63, 3.8) is 0 Å². The van der Waals surface area contributed by atoms with E-state index in [1.165, 1.54) is 12.1 Å². The maximum Gasteiger partial charge on any atom is 0.166 e. The SMILES string of the molecule is CNOC/C=C(/c1ccc2nc(N)c(-c3ccccc3)n2c1)c1cccc(F)c1F. The lowest BCUT2D eigenvalue weighted by atomic mass is 9.98. The zero-order valence-electron chi connectivity index (χ0n) is 16.3. The fraction of sp³-hybridized carbons (Fsp3) is 0.0870. The number of nitrogens with one attached hydrogen (secondary N) is 1. The lowest BCUT2D eigenvalue weighted by molar-refractivity contribution is 0.0813. The van der Waals surface area contributed by atoms with E-state index in [0.29, 0.717) is 22.6 Å². The van der Waals surface area contributed by atoms with Gasteiger partial charge in [-0.3, -0.25) is 9.24 Å². The Hall–Kier alpha value is -3.55. The smallest absolute Gasteiger partial charge is 0.166 e. The first kappa shape index (κ1) is 19.8. The van der Waals surface area contributed by atoms with Crippen molar-refractivity contribution in [2.75, 3.05) is 19.4 Å². The highest BCUT2D eigenvalue weighted by Gasteiger charge is 2.17. The van der Waals surface area contributed by atoms with Crippen LogP contribution in [0.1, 0.15) is 11.1 Å². The summed E-state index contributed by atoms with van der Waals surface area (Å²) in [6, 6.07) is 17.3. The molecule has 0 aliphatic heterocycles. The topological polar surface area (TPSA) is 64.6 Å². The van der Waals surface area contributed by atoms with Gasteiger partial charge in [0.15, 0.2) is 17.5 Å². The van der Waals surface area contributed by atoms with Gasteiger partial charge in [0.25, 0.3) is 0 Å². The lowest BCUT2D eigenvalue weighted by Gasteiger charge is -2.12. The van der Waals surface area contributed by atoms with E-state index in [4.69, 9.17) is 10.6 Å². The Kier molecular flexibility index (Phi) is 5.56. The number of imidazole rings is 1. The Morgan fingerprint density at radius 2 is 1.90 bits per heavy atom. The molecule has 0 saturated carbocycles. The lowest BCUT2D eigenvalue weighted by Crippen LogP contribution is -2.07.